The summed E-state index contributed by atoms with van der Waals surface area (Å²) in [5.41, 5.74) is 3.15. The van der Waals surface area contributed by atoms with Gasteiger partial charge in [-0.1, -0.05) is 22.9 Å². The number of rotatable bonds is 3. The van der Waals surface area contributed by atoms with Crippen LogP contribution in [0.15, 0.2) is 27.5 Å². The molecule has 3 rings (SSSR count). The number of hydrogen-bond acceptors (Lipinski definition) is 5. The number of amides is 1. The van der Waals surface area contributed by atoms with E-state index < -0.39 is 5.56 Å². The van der Waals surface area contributed by atoms with E-state index in [0.29, 0.717) is 22.5 Å². The van der Waals surface area contributed by atoms with Crippen LogP contribution in [0, 0.1) is 27.7 Å². The predicted octanol–water partition coefficient (Wildman–Crippen LogP) is 2.26. The number of benzene rings is 1. The Morgan fingerprint density at radius 2 is 2.00 bits per heavy atom. The Hall–Kier alpha value is -2.96. The highest BCUT2D eigenvalue weighted by Crippen LogP contribution is 2.17. The van der Waals surface area contributed by atoms with Crippen LogP contribution in [0.1, 0.15) is 22.6 Å². The molecule has 124 valence electrons. The lowest BCUT2D eigenvalue weighted by molar-refractivity contribution is -0.117. The van der Waals surface area contributed by atoms with Crippen molar-refractivity contribution in [3.8, 4) is 0 Å². The van der Waals surface area contributed by atoms with E-state index in [9.17, 15) is 9.59 Å². The number of hydrogen-bond donors (Lipinski definition) is 1. The van der Waals surface area contributed by atoms with Gasteiger partial charge in [0.25, 0.3) is 5.56 Å². The van der Waals surface area contributed by atoms with Gasteiger partial charge in [-0.3, -0.25) is 9.59 Å². The van der Waals surface area contributed by atoms with E-state index in [1.807, 2.05) is 32.0 Å². The first-order valence-electron chi connectivity index (χ1n) is 7.57. The summed E-state index contributed by atoms with van der Waals surface area (Å²) in [7, 11) is 0. The van der Waals surface area contributed by atoms with Crippen LogP contribution in [0.4, 0.5) is 5.69 Å². The molecule has 0 aliphatic rings. The minimum absolute atomic E-state index is 0.186. The zero-order chi connectivity index (χ0) is 17.4. The van der Waals surface area contributed by atoms with Gasteiger partial charge >= 0.3 is 0 Å². The second kappa shape index (κ2) is 5.92. The lowest BCUT2D eigenvalue weighted by Gasteiger charge is -2.10. The molecular formula is C17H18N4O3. The van der Waals surface area contributed by atoms with Crippen molar-refractivity contribution in [3.63, 3.8) is 0 Å². The molecule has 7 heteroatoms. The highest BCUT2D eigenvalue weighted by Gasteiger charge is 2.16. The molecule has 0 spiro atoms. The lowest BCUT2D eigenvalue weighted by Crippen LogP contribution is -2.30. The Morgan fingerprint density at radius 3 is 2.71 bits per heavy atom. The second-order valence-electron chi connectivity index (χ2n) is 5.88. The van der Waals surface area contributed by atoms with Crippen LogP contribution < -0.4 is 10.9 Å². The van der Waals surface area contributed by atoms with Crippen molar-refractivity contribution < 1.29 is 9.32 Å². The molecule has 3 aromatic rings. The Balaban J connectivity index is 1.88. The SMILES string of the molecule is Cc1ccc(NC(=O)Cn2nc(C)c3c(C)onc3c2=O)c(C)c1. The van der Waals surface area contributed by atoms with E-state index in [-0.39, 0.29) is 18.0 Å². The van der Waals surface area contributed by atoms with Crippen molar-refractivity contribution in [2.75, 3.05) is 5.32 Å². The summed E-state index contributed by atoms with van der Waals surface area (Å²) in [6.07, 6.45) is 0. The number of aromatic nitrogens is 3. The molecule has 1 N–H and O–H groups in total. The lowest BCUT2D eigenvalue weighted by atomic mass is 10.1. The maximum absolute atomic E-state index is 12.4. The molecule has 0 atom stereocenters. The molecular weight excluding hydrogens is 308 g/mol. The first-order valence-corrected chi connectivity index (χ1v) is 7.57. The van der Waals surface area contributed by atoms with Crippen LogP contribution in [0.5, 0.6) is 0 Å². The van der Waals surface area contributed by atoms with Gasteiger partial charge in [0.15, 0.2) is 5.52 Å². The fraction of sp³-hybridized carbons (Fsp3) is 0.294. The van der Waals surface area contributed by atoms with Crippen molar-refractivity contribution >= 4 is 22.5 Å². The molecule has 1 amide bonds. The highest BCUT2D eigenvalue weighted by molar-refractivity contribution is 5.91. The summed E-state index contributed by atoms with van der Waals surface area (Å²) in [5.74, 6) is 0.217. The average molecular weight is 326 g/mol. The van der Waals surface area contributed by atoms with E-state index in [0.717, 1.165) is 15.8 Å². The molecule has 2 heterocycles. The number of aryl methyl sites for hydroxylation is 4. The highest BCUT2D eigenvalue weighted by atomic mass is 16.5. The molecule has 0 unspecified atom stereocenters. The van der Waals surface area contributed by atoms with Gasteiger partial charge in [0.05, 0.1) is 11.1 Å². The number of carbonyl (C=O) groups excluding carboxylic acids is 1. The minimum atomic E-state index is -0.441. The molecule has 2 aromatic heterocycles. The van der Waals surface area contributed by atoms with Gasteiger partial charge in [-0.25, -0.2) is 4.68 Å². The molecule has 0 saturated carbocycles. The van der Waals surface area contributed by atoms with E-state index in [1.54, 1.807) is 13.8 Å². The van der Waals surface area contributed by atoms with Gasteiger partial charge < -0.3 is 9.84 Å². The van der Waals surface area contributed by atoms with Gasteiger partial charge in [0.1, 0.15) is 12.3 Å². The van der Waals surface area contributed by atoms with E-state index in [2.05, 4.69) is 15.6 Å². The monoisotopic (exact) mass is 326 g/mol. The van der Waals surface area contributed by atoms with Gasteiger partial charge in [0, 0.05) is 5.69 Å². The fourth-order valence-electron chi connectivity index (χ4n) is 2.73. The normalized spacial score (nSPS) is 11.0. The van der Waals surface area contributed by atoms with Gasteiger partial charge in [-0.05, 0) is 39.3 Å². The third-order valence-electron chi connectivity index (χ3n) is 3.88. The standard InChI is InChI=1S/C17H18N4O3/c1-9-5-6-13(10(2)7-9)18-14(22)8-21-17(23)16-15(11(3)19-21)12(4)24-20-16/h5-7H,8H2,1-4H3,(H,18,22). The van der Waals surface area contributed by atoms with Gasteiger partial charge in [-0.15, -0.1) is 0 Å². The van der Waals surface area contributed by atoms with E-state index in [1.165, 1.54) is 0 Å². The molecule has 0 aliphatic heterocycles. The molecule has 0 radical (unpaired) electrons. The predicted molar refractivity (Wildman–Crippen MR) is 90.1 cm³/mol. The van der Waals surface area contributed by atoms with Gasteiger partial charge in [-0.2, -0.15) is 5.10 Å². The van der Waals surface area contributed by atoms with Gasteiger partial charge in [0.2, 0.25) is 5.91 Å². The topological polar surface area (TPSA) is 90.0 Å². The third-order valence-corrected chi connectivity index (χ3v) is 3.88. The molecule has 0 bridgehead atoms. The Morgan fingerprint density at radius 1 is 1.25 bits per heavy atom. The number of nitrogens with zero attached hydrogens (tertiary/aromatic N) is 3. The number of fused-ring (bicyclic) bond motifs is 1. The number of anilines is 1. The van der Waals surface area contributed by atoms with Crippen molar-refractivity contribution in [1.29, 1.82) is 0 Å². The smallest absolute Gasteiger partial charge is 0.297 e. The Labute approximate surface area is 138 Å². The van der Waals surface area contributed by atoms with Crippen LogP contribution in [0.3, 0.4) is 0 Å². The molecule has 1 aromatic carbocycles. The summed E-state index contributed by atoms with van der Waals surface area (Å²) in [6.45, 7) is 7.20. The van der Waals surface area contributed by atoms with Crippen LogP contribution in [0.25, 0.3) is 10.9 Å². The summed E-state index contributed by atoms with van der Waals surface area (Å²) in [4.78, 5) is 24.7. The van der Waals surface area contributed by atoms with Crippen molar-refractivity contribution in [2.45, 2.75) is 34.2 Å². The second-order valence-corrected chi connectivity index (χ2v) is 5.88. The van der Waals surface area contributed by atoms with Crippen LogP contribution in [-0.2, 0) is 11.3 Å². The van der Waals surface area contributed by atoms with Crippen molar-refractivity contribution in [1.82, 2.24) is 14.9 Å². The number of carbonyl (C=O) groups is 1. The molecule has 0 aliphatic carbocycles. The summed E-state index contributed by atoms with van der Waals surface area (Å²) in [5, 5.41) is 11.4. The summed E-state index contributed by atoms with van der Waals surface area (Å²) < 4.78 is 6.16. The van der Waals surface area contributed by atoms with Crippen molar-refractivity contribution in [3.05, 3.63) is 51.1 Å². The molecule has 7 nitrogen and oxygen atoms in total. The maximum atomic E-state index is 12.4. The average Bonchev–Trinajstić information content (AvgIpc) is 2.90. The summed E-state index contributed by atoms with van der Waals surface area (Å²) in [6, 6.07) is 5.74. The van der Waals surface area contributed by atoms with Crippen LogP contribution >= 0.6 is 0 Å². The molecule has 0 saturated heterocycles. The fourth-order valence-corrected chi connectivity index (χ4v) is 2.73. The van der Waals surface area contributed by atoms with Crippen LogP contribution in [-0.4, -0.2) is 20.8 Å². The summed E-state index contributed by atoms with van der Waals surface area (Å²) >= 11 is 0. The third kappa shape index (κ3) is 2.80. The Kier molecular flexibility index (Phi) is 3.92. The zero-order valence-corrected chi connectivity index (χ0v) is 14.0. The largest absolute Gasteiger partial charge is 0.360 e. The van der Waals surface area contributed by atoms with Crippen LogP contribution in [0.2, 0.25) is 0 Å². The Bertz CT molecular complexity index is 1000. The quantitative estimate of drug-likeness (QED) is 0.797. The first kappa shape index (κ1) is 15.9. The maximum Gasteiger partial charge on any atom is 0.297 e. The first-order chi connectivity index (χ1) is 11.4. The van der Waals surface area contributed by atoms with Crippen molar-refractivity contribution in [2.24, 2.45) is 0 Å². The van der Waals surface area contributed by atoms with E-state index in [4.69, 9.17) is 4.52 Å². The zero-order valence-electron chi connectivity index (χ0n) is 14.0. The molecule has 24 heavy (non-hydrogen) atoms. The molecule has 0 fully saturated rings. The number of nitrogens with one attached hydrogen (secondary N) is 1. The minimum Gasteiger partial charge on any atom is -0.360 e. The van der Waals surface area contributed by atoms with E-state index >= 15 is 0 Å².